The number of rotatable bonds is 11. The lowest BCUT2D eigenvalue weighted by molar-refractivity contribution is -0.00518. The minimum Gasteiger partial charge on any atom is -0.310 e. The Balaban J connectivity index is 0.959. The molecule has 0 atom stereocenters. The van der Waals surface area contributed by atoms with Gasteiger partial charge in [-0.15, -0.1) is 0 Å². The van der Waals surface area contributed by atoms with Crippen LogP contribution in [0.25, 0.3) is 55.3 Å². The Morgan fingerprint density at radius 3 is 1.20 bits per heavy atom. The van der Waals surface area contributed by atoms with E-state index in [0.717, 1.165) is 51.8 Å². The third-order valence-corrected chi connectivity index (χ3v) is 16.2. The van der Waals surface area contributed by atoms with Gasteiger partial charge in [-0.05, 0) is 198 Å². The summed E-state index contributed by atoms with van der Waals surface area (Å²) in [6.45, 7) is 2.15. The lowest BCUT2D eigenvalue weighted by Gasteiger charge is -2.57. The van der Waals surface area contributed by atoms with E-state index < -0.39 is 0 Å². The van der Waals surface area contributed by atoms with Gasteiger partial charge in [-0.2, -0.15) is 0 Å². The molecule has 10 aromatic rings. The van der Waals surface area contributed by atoms with Crippen LogP contribution in [-0.4, -0.2) is 0 Å². The van der Waals surface area contributed by atoms with Gasteiger partial charge in [0, 0.05) is 33.5 Å². The minimum absolute atomic E-state index is 0.353. The molecular formula is C69H58N2. The first kappa shape index (κ1) is 43.1. The molecule has 4 aliphatic rings. The van der Waals surface area contributed by atoms with E-state index in [-0.39, 0.29) is 0 Å². The molecule has 2 nitrogen and oxygen atoms in total. The Kier molecular flexibility index (Phi) is 11.0. The predicted octanol–water partition coefficient (Wildman–Crippen LogP) is 19.2. The van der Waals surface area contributed by atoms with Gasteiger partial charge in [0.1, 0.15) is 0 Å². The molecule has 0 unspecified atom stereocenters. The smallest absolute Gasteiger partial charge is 0.0541 e. The summed E-state index contributed by atoms with van der Waals surface area (Å²) in [6.07, 6.45) is 8.49. The topological polar surface area (TPSA) is 6.48 Å². The Morgan fingerprint density at radius 1 is 0.310 bits per heavy atom. The molecule has 0 radical (unpaired) electrons. The molecule has 71 heavy (non-hydrogen) atoms. The lowest BCUT2D eigenvalue weighted by Crippen LogP contribution is -2.48. The summed E-state index contributed by atoms with van der Waals surface area (Å²) in [5.74, 6) is 2.74. The normalized spacial score (nSPS) is 18.9. The molecule has 0 aliphatic heterocycles. The van der Waals surface area contributed by atoms with Crippen LogP contribution in [0.4, 0.5) is 34.1 Å². The van der Waals surface area contributed by atoms with Crippen molar-refractivity contribution in [3.8, 4) is 44.5 Å². The number of hydrogen-bond acceptors (Lipinski definition) is 2. The Morgan fingerprint density at radius 2 is 0.690 bits per heavy atom. The summed E-state index contributed by atoms with van der Waals surface area (Å²) in [5, 5.41) is 2.37. The van der Waals surface area contributed by atoms with Crippen molar-refractivity contribution < 1.29 is 0 Å². The molecule has 4 aliphatic carbocycles. The fourth-order valence-corrected chi connectivity index (χ4v) is 13.3. The van der Waals surface area contributed by atoms with Crippen molar-refractivity contribution in [1.29, 1.82) is 0 Å². The van der Waals surface area contributed by atoms with Gasteiger partial charge in [-0.3, -0.25) is 0 Å². The third kappa shape index (κ3) is 8.22. The second-order valence-corrected chi connectivity index (χ2v) is 20.9. The first-order valence-corrected chi connectivity index (χ1v) is 25.8. The predicted molar refractivity (Wildman–Crippen MR) is 300 cm³/mol. The van der Waals surface area contributed by atoms with Crippen molar-refractivity contribution in [2.24, 2.45) is 17.8 Å². The molecule has 0 N–H and O–H groups in total. The van der Waals surface area contributed by atoms with Crippen molar-refractivity contribution in [2.75, 3.05) is 9.80 Å². The van der Waals surface area contributed by atoms with Gasteiger partial charge in [0.05, 0.1) is 11.4 Å². The first-order chi connectivity index (χ1) is 35.0. The van der Waals surface area contributed by atoms with E-state index in [0.29, 0.717) is 5.41 Å². The van der Waals surface area contributed by atoms with E-state index in [9.17, 15) is 0 Å². The van der Waals surface area contributed by atoms with Gasteiger partial charge in [-0.1, -0.05) is 169 Å². The first-order valence-electron chi connectivity index (χ1n) is 25.8. The average Bonchev–Trinajstić information content (AvgIpc) is 3.42. The second-order valence-electron chi connectivity index (χ2n) is 20.9. The Bertz CT molecular complexity index is 3410. The molecule has 2 heteroatoms. The van der Waals surface area contributed by atoms with Gasteiger partial charge in [0.2, 0.25) is 0 Å². The van der Waals surface area contributed by atoms with Crippen molar-refractivity contribution in [3.63, 3.8) is 0 Å². The maximum Gasteiger partial charge on any atom is 0.0541 e. The zero-order valence-corrected chi connectivity index (χ0v) is 40.5. The van der Waals surface area contributed by atoms with Crippen molar-refractivity contribution in [1.82, 2.24) is 0 Å². The van der Waals surface area contributed by atoms with E-state index >= 15 is 0 Å². The molecule has 0 amide bonds. The number of anilines is 6. The van der Waals surface area contributed by atoms with E-state index in [1.165, 1.54) is 99.5 Å². The zero-order valence-electron chi connectivity index (χ0n) is 40.5. The molecular weight excluding hydrogens is 857 g/mol. The average molecular weight is 915 g/mol. The summed E-state index contributed by atoms with van der Waals surface area (Å²) in [4.78, 5) is 4.95. The van der Waals surface area contributed by atoms with Gasteiger partial charge in [0.15, 0.2) is 0 Å². The maximum atomic E-state index is 2.49. The van der Waals surface area contributed by atoms with Gasteiger partial charge < -0.3 is 9.80 Å². The van der Waals surface area contributed by atoms with Crippen molar-refractivity contribution in [2.45, 2.75) is 50.9 Å². The Labute approximate surface area is 419 Å². The van der Waals surface area contributed by atoms with Crippen LogP contribution in [-0.2, 0) is 5.41 Å². The molecule has 0 spiro atoms. The summed E-state index contributed by atoms with van der Waals surface area (Å²) in [5.41, 5.74) is 19.5. The van der Waals surface area contributed by atoms with Crippen LogP contribution in [0.5, 0.6) is 0 Å². The highest BCUT2D eigenvalue weighted by Crippen LogP contribution is 2.61. The van der Waals surface area contributed by atoms with Gasteiger partial charge in [0.25, 0.3) is 0 Å². The fraction of sp³-hybridized carbons (Fsp3) is 0.159. The highest BCUT2D eigenvalue weighted by atomic mass is 15.2. The molecule has 344 valence electrons. The number of benzene rings is 10. The molecule has 0 aromatic heterocycles. The van der Waals surface area contributed by atoms with Crippen LogP contribution >= 0.6 is 0 Å². The summed E-state index contributed by atoms with van der Waals surface area (Å²) >= 11 is 0. The van der Waals surface area contributed by atoms with Gasteiger partial charge >= 0.3 is 0 Å². The Hall–Kier alpha value is -7.94. The number of aryl methyl sites for hydroxylation is 1. The SMILES string of the molecule is Cc1ccc(-c2cccc(N(c3cccc(-c4cc(-c5ccccc5)cc(-c5ccccc5)c4)c3)c3ccc(N(c4ccccc4)c4ccc(C56CC7CC(CC(C7)C5)C6)cc4)c4ccccc34)c2)cc1. The molecule has 4 fully saturated rings. The summed E-state index contributed by atoms with van der Waals surface area (Å²) in [7, 11) is 0. The summed E-state index contributed by atoms with van der Waals surface area (Å²) < 4.78 is 0. The monoisotopic (exact) mass is 914 g/mol. The highest BCUT2D eigenvalue weighted by molar-refractivity contribution is 6.07. The third-order valence-electron chi connectivity index (χ3n) is 16.2. The number of para-hydroxylation sites is 1. The van der Waals surface area contributed by atoms with E-state index in [1.807, 2.05) is 0 Å². The van der Waals surface area contributed by atoms with Crippen molar-refractivity contribution in [3.05, 3.63) is 254 Å². The van der Waals surface area contributed by atoms with Crippen LogP contribution in [0.2, 0.25) is 0 Å². The molecule has 4 saturated carbocycles. The van der Waals surface area contributed by atoms with Crippen LogP contribution in [0.1, 0.15) is 49.7 Å². The maximum absolute atomic E-state index is 2.49. The van der Waals surface area contributed by atoms with Crippen LogP contribution in [0.15, 0.2) is 243 Å². The van der Waals surface area contributed by atoms with E-state index in [4.69, 9.17) is 0 Å². The van der Waals surface area contributed by atoms with Crippen LogP contribution < -0.4 is 9.80 Å². The molecule has 10 aromatic carbocycles. The quantitative estimate of drug-likeness (QED) is 0.128. The zero-order chi connectivity index (χ0) is 47.3. The minimum atomic E-state index is 0.353. The number of hydrogen-bond donors (Lipinski definition) is 0. The molecule has 4 bridgehead atoms. The van der Waals surface area contributed by atoms with Gasteiger partial charge in [-0.25, -0.2) is 0 Å². The number of nitrogens with zero attached hydrogens (tertiary/aromatic N) is 2. The molecule has 0 saturated heterocycles. The standard InChI is InChI=1S/C69H58N2/c1-48-27-29-54(30-28-48)55-19-13-23-63(43-55)71(64-24-14-20-56(44-64)59-41-57(52-15-5-2-6-16-52)40-58(42-59)53-17-7-3-8-18-53)68-36-35-67(65-25-11-12-26-66(65)68)70(61-21-9-4-10-22-61)62-33-31-60(32-34-62)69-45-49-37-50(46-69)39-51(38-49)47-69/h2-36,40-44,49-51H,37-39,45-47H2,1H3. The van der Waals surface area contributed by atoms with E-state index in [2.05, 4.69) is 259 Å². The van der Waals surface area contributed by atoms with Crippen LogP contribution in [0, 0.1) is 24.7 Å². The largest absolute Gasteiger partial charge is 0.310 e. The second kappa shape index (κ2) is 18.1. The van der Waals surface area contributed by atoms with Crippen molar-refractivity contribution >= 4 is 44.9 Å². The lowest BCUT2D eigenvalue weighted by atomic mass is 9.48. The molecule has 0 heterocycles. The van der Waals surface area contributed by atoms with Crippen LogP contribution in [0.3, 0.4) is 0 Å². The molecule has 14 rings (SSSR count). The highest BCUT2D eigenvalue weighted by Gasteiger charge is 2.51. The van der Waals surface area contributed by atoms with E-state index in [1.54, 1.807) is 5.56 Å². The number of fused-ring (bicyclic) bond motifs is 1. The fourth-order valence-electron chi connectivity index (χ4n) is 13.3. The summed E-state index contributed by atoms with van der Waals surface area (Å²) in [6, 6.07) is 90.1.